The number of halogens is 2. The molecule has 1 spiro atoms. The van der Waals surface area contributed by atoms with Crippen molar-refractivity contribution < 1.29 is 24.3 Å². The molecule has 1 saturated heterocycles. The SMILES string of the molecule is O=C(CC[C@@H](NC(=O)c1cc(Cl)cc(Cl)c1)C(=O)N1CCC2(CCCC2)CC1)NC(Cc1c[nH]c2ccccc12)C(=O)O. The molecular weight excluding hydrogens is 591 g/mol. The van der Waals surface area contributed by atoms with E-state index >= 15 is 0 Å². The summed E-state index contributed by atoms with van der Waals surface area (Å²) in [6.07, 6.45) is 8.37. The molecule has 4 N–H and O–H groups in total. The van der Waals surface area contributed by atoms with E-state index in [-0.39, 0.29) is 40.8 Å². The zero-order chi connectivity index (χ0) is 30.6. The fourth-order valence-electron chi connectivity index (χ4n) is 6.49. The Bertz CT molecular complexity index is 1490. The maximum absolute atomic E-state index is 13.7. The van der Waals surface area contributed by atoms with E-state index in [1.807, 2.05) is 24.3 Å². The first-order chi connectivity index (χ1) is 20.6. The maximum Gasteiger partial charge on any atom is 0.326 e. The predicted molar refractivity (Wildman–Crippen MR) is 165 cm³/mol. The van der Waals surface area contributed by atoms with Crippen LogP contribution in [0.15, 0.2) is 48.7 Å². The van der Waals surface area contributed by atoms with Gasteiger partial charge in [0.15, 0.2) is 0 Å². The van der Waals surface area contributed by atoms with Gasteiger partial charge in [-0.15, -0.1) is 0 Å². The van der Waals surface area contributed by atoms with E-state index in [1.54, 1.807) is 11.1 Å². The molecule has 1 saturated carbocycles. The molecule has 2 aliphatic rings. The molecule has 2 heterocycles. The highest BCUT2D eigenvalue weighted by Crippen LogP contribution is 2.46. The number of carbonyl (C=O) groups excluding carboxylic acids is 3. The van der Waals surface area contributed by atoms with Gasteiger partial charge in [-0.2, -0.15) is 0 Å². The van der Waals surface area contributed by atoms with Crippen LogP contribution in [0.4, 0.5) is 0 Å². The van der Waals surface area contributed by atoms with Crippen LogP contribution in [-0.2, 0) is 20.8 Å². The second-order valence-corrected chi connectivity index (χ2v) is 12.7. The van der Waals surface area contributed by atoms with Gasteiger partial charge in [-0.05, 0) is 67.3 Å². The summed E-state index contributed by atoms with van der Waals surface area (Å²) >= 11 is 12.2. The van der Waals surface area contributed by atoms with Gasteiger partial charge in [0.25, 0.3) is 5.91 Å². The van der Waals surface area contributed by atoms with Crippen molar-refractivity contribution in [1.29, 1.82) is 0 Å². The van der Waals surface area contributed by atoms with E-state index in [4.69, 9.17) is 23.2 Å². The fourth-order valence-corrected chi connectivity index (χ4v) is 7.02. The number of H-pyrrole nitrogens is 1. The third-order valence-corrected chi connectivity index (χ3v) is 9.36. The van der Waals surface area contributed by atoms with Crippen LogP contribution in [0, 0.1) is 5.41 Å². The van der Waals surface area contributed by atoms with Gasteiger partial charge in [0.2, 0.25) is 11.8 Å². The van der Waals surface area contributed by atoms with Crippen LogP contribution in [0.2, 0.25) is 10.0 Å². The van der Waals surface area contributed by atoms with Gasteiger partial charge in [0.05, 0.1) is 0 Å². The normalized spacial score (nSPS) is 17.5. The average molecular weight is 628 g/mol. The Morgan fingerprint density at radius 1 is 0.930 bits per heavy atom. The van der Waals surface area contributed by atoms with E-state index in [9.17, 15) is 24.3 Å². The highest BCUT2D eigenvalue weighted by molar-refractivity contribution is 6.35. The molecule has 1 aromatic heterocycles. The number of hydrogen-bond acceptors (Lipinski definition) is 4. The van der Waals surface area contributed by atoms with E-state index in [0.29, 0.717) is 18.5 Å². The first kappa shape index (κ1) is 30.9. The smallest absolute Gasteiger partial charge is 0.326 e. The second-order valence-electron chi connectivity index (χ2n) is 11.8. The van der Waals surface area contributed by atoms with Crippen molar-refractivity contribution in [1.82, 2.24) is 20.5 Å². The Kier molecular flexibility index (Phi) is 9.62. The van der Waals surface area contributed by atoms with Crippen molar-refractivity contribution in [3.8, 4) is 0 Å². The number of carboxylic acids is 1. The quantitative estimate of drug-likeness (QED) is 0.241. The lowest BCUT2D eigenvalue weighted by molar-refractivity contribution is -0.142. The van der Waals surface area contributed by atoms with Gasteiger partial charge in [-0.25, -0.2) is 4.79 Å². The van der Waals surface area contributed by atoms with E-state index in [1.165, 1.54) is 43.9 Å². The number of benzene rings is 2. The molecular formula is C32H36Cl2N4O5. The van der Waals surface area contributed by atoms with Gasteiger partial charge in [-0.1, -0.05) is 54.2 Å². The molecule has 3 amide bonds. The topological polar surface area (TPSA) is 132 Å². The molecule has 1 aliphatic heterocycles. The van der Waals surface area contributed by atoms with Crippen LogP contribution < -0.4 is 10.6 Å². The van der Waals surface area contributed by atoms with E-state index < -0.39 is 29.9 Å². The summed E-state index contributed by atoms with van der Waals surface area (Å²) in [6, 6.07) is 9.83. The standard InChI is InChI=1S/C32H36Cl2N4O5/c33-22-15-20(16-23(34)18-22)29(40)37-26(30(41)38-13-11-32(12-14-38)9-3-4-10-32)7-8-28(39)36-27(31(42)43)17-21-19-35-25-6-2-1-5-24(21)25/h1-2,5-6,15-16,18-19,26-27,35H,3-4,7-14,17H2,(H,36,39)(H,37,40)(H,42,43)/t26-,27?/m1/s1. The Balaban J connectivity index is 1.25. The molecule has 2 aromatic carbocycles. The fraction of sp³-hybridized carbons (Fsp3) is 0.438. The Hall–Kier alpha value is -3.56. The lowest BCUT2D eigenvalue weighted by atomic mass is 9.77. The highest BCUT2D eigenvalue weighted by Gasteiger charge is 2.39. The van der Waals surface area contributed by atoms with Gasteiger partial charge >= 0.3 is 5.97 Å². The third kappa shape index (κ3) is 7.51. The molecule has 11 heteroatoms. The second kappa shape index (κ2) is 13.4. The number of nitrogens with zero attached hydrogens (tertiary/aromatic N) is 1. The number of amides is 3. The summed E-state index contributed by atoms with van der Waals surface area (Å²) in [5.74, 6) is -2.47. The number of aromatic amines is 1. The third-order valence-electron chi connectivity index (χ3n) is 8.92. The lowest BCUT2D eigenvalue weighted by Crippen LogP contribution is -2.52. The monoisotopic (exact) mass is 626 g/mol. The number of carboxylic acid groups (broad SMARTS) is 1. The lowest BCUT2D eigenvalue weighted by Gasteiger charge is -2.40. The Morgan fingerprint density at radius 3 is 2.28 bits per heavy atom. The van der Waals surface area contributed by atoms with Crippen molar-refractivity contribution in [3.05, 3.63) is 69.8 Å². The van der Waals surface area contributed by atoms with Crippen molar-refractivity contribution in [2.45, 2.75) is 69.9 Å². The maximum atomic E-state index is 13.7. The molecule has 228 valence electrons. The Morgan fingerprint density at radius 2 is 1.60 bits per heavy atom. The average Bonchev–Trinajstić information content (AvgIpc) is 3.61. The molecule has 9 nitrogen and oxygen atoms in total. The minimum absolute atomic E-state index is 0.00573. The molecule has 5 rings (SSSR count). The van der Waals surface area contributed by atoms with Crippen LogP contribution in [0.25, 0.3) is 10.9 Å². The molecule has 1 aliphatic carbocycles. The van der Waals surface area contributed by atoms with Crippen LogP contribution in [-0.4, -0.2) is 63.9 Å². The number of carbonyl (C=O) groups is 4. The summed E-state index contributed by atoms with van der Waals surface area (Å²) in [6.45, 7) is 1.21. The summed E-state index contributed by atoms with van der Waals surface area (Å²) in [5, 5.41) is 16.7. The zero-order valence-corrected chi connectivity index (χ0v) is 25.3. The van der Waals surface area contributed by atoms with Crippen molar-refractivity contribution in [3.63, 3.8) is 0 Å². The van der Waals surface area contributed by atoms with Crippen LogP contribution in [0.5, 0.6) is 0 Å². The summed E-state index contributed by atoms with van der Waals surface area (Å²) in [5.41, 5.74) is 2.16. The predicted octanol–water partition coefficient (Wildman–Crippen LogP) is 5.35. The van der Waals surface area contributed by atoms with Gasteiger partial charge < -0.3 is 25.6 Å². The Labute approximate surface area is 260 Å². The molecule has 0 radical (unpaired) electrons. The minimum Gasteiger partial charge on any atom is -0.480 e. The molecule has 2 fully saturated rings. The molecule has 3 aromatic rings. The van der Waals surface area contributed by atoms with Gasteiger partial charge in [0.1, 0.15) is 12.1 Å². The van der Waals surface area contributed by atoms with Crippen LogP contribution >= 0.6 is 23.2 Å². The number of aromatic nitrogens is 1. The van der Waals surface area contributed by atoms with Crippen molar-refractivity contribution in [2.24, 2.45) is 5.41 Å². The highest BCUT2D eigenvalue weighted by atomic mass is 35.5. The van der Waals surface area contributed by atoms with E-state index in [2.05, 4.69) is 15.6 Å². The van der Waals surface area contributed by atoms with Crippen LogP contribution in [0.1, 0.15) is 67.3 Å². The minimum atomic E-state index is -1.16. The largest absolute Gasteiger partial charge is 0.480 e. The van der Waals surface area contributed by atoms with Crippen LogP contribution in [0.3, 0.4) is 0 Å². The molecule has 0 bridgehead atoms. The van der Waals surface area contributed by atoms with Gasteiger partial charge in [0, 0.05) is 58.6 Å². The number of para-hydroxylation sites is 1. The number of hydrogen-bond donors (Lipinski definition) is 4. The van der Waals surface area contributed by atoms with Crippen molar-refractivity contribution >= 4 is 57.8 Å². The number of likely N-dealkylation sites (tertiary alicyclic amines) is 1. The zero-order valence-electron chi connectivity index (χ0n) is 23.8. The molecule has 43 heavy (non-hydrogen) atoms. The number of fused-ring (bicyclic) bond motifs is 1. The molecule has 1 unspecified atom stereocenters. The van der Waals surface area contributed by atoms with E-state index in [0.717, 1.165) is 29.3 Å². The number of nitrogens with one attached hydrogen (secondary N) is 3. The molecule has 2 atom stereocenters. The van der Waals surface area contributed by atoms with Gasteiger partial charge in [-0.3, -0.25) is 14.4 Å². The first-order valence-corrected chi connectivity index (χ1v) is 15.5. The van der Waals surface area contributed by atoms with Crippen molar-refractivity contribution in [2.75, 3.05) is 13.1 Å². The number of piperidine rings is 1. The summed E-state index contributed by atoms with van der Waals surface area (Å²) in [4.78, 5) is 56.8. The number of aliphatic carboxylic acids is 1. The number of rotatable bonds is 10. The summed E-state index contributed by atoms with van der Waals surface area (Å²) < 4.78 is 0. The summed E-state index contributed by atoms with van der Waals surface area (Å²) in [7, 11) is 0. The first-order valence-electron chi connectivity index (χ1n) is 14.8.